The molecule has 0 amide bonds. The van der Waals surface area contributed by atoms with Gasteiger partial charge in [-0.2, -0.15) is 4.31 Å². The highest BCUT2D eigenvalue weighted by atomic mass is 32.2. The van der Waals surface area contributed by atoms with E-state index in [1.807, 2.05) is 13.8 Å². The Labute approximate surface area is 121 Å². The molecule has 1 heterocycles. The molecule has 20 heavy (non-hydrogen) atoms. The first-order chi connectivity index (χ1) is 9.41. The van der Waals surface area contributed by atoms with Gasteiger partial charge in [0.1, 0.15) is 5.76 Å². The van der Waals surface area contributed by atoms with E-state index in [4.69, 9.17) is 4.42 Å². The normalized spacial score (nSPS) is 12.0. The molecule has 0 bridgehead atoms. The zero-order valence-corrected chi connectivity index (χ0v) is 12.8. The summed E-state index contributed by atoms with van der Waals surface area (Å²) in [6.45, 7) is 12.1. The van der Waals surface area contributed by atoms with E-state index in [-0.39, 0.29) is 18.2 Å². The Hall–Kier alpha value is -1.37. The summed E-state index contributed by atoms with van der Waals surface area (Å²) in [5, 5.41) is 3.12. The van der Waals surface area contributed by atoms with E-state index in [1.165, 1.54) is 22.5 Å². The van der Waals surface area contributed by atoms with Gasteiger partial charge < -0.3 is 9.73 Å². The summed E-state index contributed by atoms with van der Waals surface area (Å²) in [5.74, 6) is 0.592. The quantitative estimate of drug-likeness (QED) is 0.710. The molecule has 1 N–H and O–H groups in total. The lowest BCUT2D eigenvalue weighted by Gasteiger charge is -2.17. The van der Waals surface area contributed by atoms with E-state index >= 15 is 0 Å². The van der Waals surface area contributed by atoms with Crippen molar-refractivity contribution in [3.63, 3.8) is 0 Å². The van der Waals surface area contributed by atoms with Gasteiger partial charge in [0.25, 0.3) is 10.0 Å². The highest BCUT2D eigenvalue weighted by molar-refractivity contribution is 7.89. The molecule has 0 aromatic carbocycles. The first kappa shape index (κ1) is 16.7. The Morgan fingerprint density at radius 2 is 1.90 bits per heavy atom. The predicted octanol–water partition coefficient (Wildman–Crippen LogP) is 2.14. The van der Waals surface area contributed by atoms with Crippen LogP contribution in [0.25, 0.3) is 0 Å². The van der Waals surface area contributed by atoms with Crippen LogP contribution in [0.3, 0.4) is 0 Å². The predicted molar refractivity (Wildman–Crippen MR) is 79.8 cm³/mol. The van der Waals surface area contributed by atoms with E-state index in [0.717, 1.165) is 0 Å². The molecule has 1 aromatic rings. The summed E-state index contributed by atoms with van der Waals surface area (Å²) < 4.78 is 31.4. The Morgan fingerprint density at radius 3 is 2.40 bits per heavy atom. The monoisotopic (exact) mass is 298 g/mol. The highest BCUT2D eigenvalue weighted by Crippen LogP contribution is 2.19. The van der Waals surface area contributed by atoms with Gasteiger partial charge in [-0.25, -0.2) is 8.42 Å². The van der Waals surface area contributed by atoms with E-state index in [2.05, 4.69) is 18.5 Å². The summed E-state index contributed by atoms with van der Waals surface area (Å²) >= 11 is 0. The molecule has 0 saturated carbocycles. The van der Waals surface area contributed by atoms with E-state index in [9.17, 15) is 8.42 Å². The first-order valence-corrected chi connectivity index (χ1v) is 7.89. The molecular formula is C14H22N2O3S. The second-order valence-electron chi connectivity index (χ2n) is 4.66. The number of nitrogens with zero attached hydrogens (tertiary/aromatic N) is 1. The minimum Gasteiger partial charge on any atom is -0.447 e. The molecule has 0 atom stereocenters. The zero-order chi connectivity index (χ0) is 15.2. The average Bonchev–Trinajstić information content (AvgIpc) is 2.85. The topological polar surface area (TPSA) is 62.6 Å². The lowest BCUT2D eigenvalue weighted by atomic mass is 10.3. The van der Waals surface area contributed by atoms with Crippen LogP contribution in [0, 0.1) is 0 Å². The third kappa shape index (κ3) is 4.33. The fourth-order valence-corrected chi connectivity index (χ4v) is 2.89. The second kappa shape index (κ2) is 7.42. The van der Waals surface area contributed by atoms with Gasteiger partial charge in [-0.15, -0.1) is 13.2 Å². The van der Waals surface area contributed by atoms with Crippen LogP contribution in [0.2, 0.25) is 0 Å². The molecule has 1 aromatic heterocycles. The molecule has 0 aliphatic carbocycles. The van der Waals surface area contributed by atoms with Crippen LogP contribution in [0.4, 0.5) is 0 Å². The van der Waals surface area contributed by atoms with Gasteiger partial charge in [0.15, 0.2) is 0 Å². The second-order valence-corrected chi connectivity index (χ2v) is 6.52. The number of hydrogen-bond acceptors (Lipinski definition) is 4. The number of hydrogen-bond donors (Lipinski definition) is 1. The molecule has 5 nitrogen and oxygen atoms in total. The molecular weight excluding hydrogens is 276 g/mol. The van der Waals surface area contributed by atoms with Crippen LogP contribution < -0.4 is 5.32 Å². The lowest BCUT2D eigenvalue weighted by Crippen LogP contribution is -2.31. The summed E-state index contributed by atoms with van der Waals surface area (Å²) in [6.07, 6.45) is 3.07. The van der Waals surface area contributed by atoms with Crippen LogP contribution in [0.5, 0.6) is 0 Å². The highest BCUT2D eigenvalue weighted by Gasteiger charge is 2.25. The molecule has 6 heteroatoms. The van der Waals surface area contributed by atoms with Gasteiger partial charge in [0.2, 0.25) is 5.09 Å². The molecule has 1 rings (SSSR count). The largest absolute Gasteiger partial charge is 0.447 e. The molecule has 0 aliphatic heterocycles. The average molecular weight is 298 g/mol. The van der Waals surface area contributed by atoms with Crippen molar-refractivity contribution in [3.8, 4) is 0 Å². The summed E-state index contributed by atoms with van der Waals surface area (Å²) in [7, 11) is -3.65. The van der Waals surface area contributed by atoms with Crippen molar-refractivity contribution in [2.24, 2.45) is 0 Å². The van der Waals surface area contributed by atoms with Crippen molar-refractivity contribution >= 4 is 10.0 Å². The number of rotatable bonds is 9. The van der Waals surface area contributed by atoms with Crippen molar-refractivity contribution < 1.29 is 12.8 Å². The Morgan fingerprint density at radius 1 is 1.30 bits per heavy atom. The fraction of sp³-hybridized carbons (Fsp3) is 0.429. The van der Waals surface area contributed by atoms with Crippen molar-refractivity contribution in [2.45, 2.75) is 31.5 Å². The molecule has 0 spiro atoms. The van der Waals surface area contributed by atoms with Gasteiger partial charge in [-0.05, 0) is 12.1 Å². The molecule has 112 valence electrons. The summed E-state index contributed by atoms with van der Waals surface area (Å²) in [6, 6.07) is 3.45. The SMILES string of the molecule is C=CCN(CC=C)S(=O)(=O)c1ccc(CNC(C)C)o1. The summed E-state index contributed by atoms with van der Waals surface area (Å²) in [5.41, 5.74) is 0. The number of sulfonamides is 1. The minimum absolute atomic E-state index is 0.0539. The maximum atomic E-state index is 12.4. The van der Waals surface area contributed by atoms with Crippen molar-refractivity contribution in [1.82, 2.24) is 9.62 Å². The van der Waals surface area contributed by atoms with Crippen molar-refractivity contribution in [3.05, 3.63) is 43.2 Å². The molecule has 0 unspecified atom stereocenters. The van der Waals surface area contributed by atoms with E-state index in [0.29, 0.717) is 18.3 Å². The smallest absolute Gasteiger partial charge is 0.277 e. The Kier molecular flexibility index (Phi) is 6.19. The van der Waals surface area contributed by atoms with Crippen LogP contribution in [-0.4, -0.2) is 31.9 Å². The maximum absolute atomic E-state index is 12.4. The maximum Gasteiger partial charge on any atom is 0.277 e. The zero-order valence-electron chi connectivity index (χ0n) is 12.0. The number of furan rings is 1. The van der Waals surface area contributed by atoms with Gasteiger partial charge >= 0.3 is 0 Å². The van der Waals surface area contributed by atoms with Crippen LogP contribution >= 0.6 is 0 Å². The van der Waals surface area contributed by atoms with Crippen molar-refractivity contribution in [2.75, 3.05) is 13.1 Å². The third-order valence-electron chi connectivity index (χ3n) is 2.58. The van der Waals surface area contributed by atoms with E-state index in [1.54, 1.807) is 6.07 Å². The van der Waals surface area contributed by atoms with Crippen molar-refractivity contribution in [1.29, 1.82) is 0 Å². The minimum atomic E-state index is -3.65. The van der Waals surface area contributed by atoms with Gasteiger partial charge in [-0.3, -0.25) is 0 Å². The molecule has 0 fully saturated rings. The molecule has 0 saturated heterocycles. The van der Waals surface area contributed by atoms with Gasteiger partial charge in [0, 0.05) is 19.1 Å². The lowest BCUT2D eigenvalue weighted by molar-refractivity contribution is 0.376. The van der Waals surface area contributed by atoms with Crippen LogP contribution in [0.1, 0.15) is 19.6 Å². The molecule has 0 aliphatic rings. The Balaban J connectivity index is 2.91. The third-order valence-corrected chi connectivity index (χ3v) is 4.29. The standard InChI is InChI=1S/C14H22N2O3S/c1-5-9-16(10-6-2)20(17,18)14-8-7-13(19-14)11-15-12(3)4/h5-8,12,15H,1-2,9-11H2,3-4H3. The van der Waals surface area contributed by atoms with Crippen LogP contribution in [0.15, 0.2) is 47.0 Å². The van der Waals surface area contributed by atoms with E-state index < -0.39 is 10.0 Å². The van der Waals surface area contributed by atoms with Crippen LogP contribution in [-0.2, 0) is 16.6 Å². The fourth-order valence-electron chi connectivity index (χ4n) is 1.58. The first-order valence-electron chi connectivity index (χ1n) is 6.45. The van der Waals surface area contributed by atoms with Gasteiger partial charge in [0.05, 0.1) is 6.54 Å². The number of nitrogens with one attached hydrogen (secondary N) is 1. The van der Waals surface area contributed by atoms with Gasteiger partial charge in [-0.1, -0.05) is 26.0 Å². The molecule has 0 radical (unpaired) electrons. The summed E-state index contributed by atoms with van der Waals surface area (Å²) in [4.78, 5) is 0. The Bertz CT molecular complexity index is 537.